The molecule has 5 aliphatic rings. The van der Waals surface area contributed by atoms with E-state index in [1.54, 1.807) is 22.3 Å². The van der Waals surface area contributed by atoms with E-state index in [9.17, 15) is 0 Å². The van der Waals surface area contributed by atoms with Crippen LogP contribution in [0, 0.1) is 34.0 Å². The van der Waals surface area contributed by atoms with E-state index in [0.29, 0.717) is 55.4 Å². The molecule has 5 aliphatic carbocycles. The predicted molar refractivity (Wildman–Crippen MR) is 360 cm³/mol. The maximum absolute atomic E-state index is 6.23. The van der Waals surface area contributed by atoms with Gasteiger partial charge < -0.3 is 0 Å². The molecule has 0 nitrogen and oxygen atoms in total. The van der Waals surface area contributed by atoms with Crippen LogP contribution in [0.2, 0.25) is 20.1 Å². The van der Waals surface area contributed by atoms with Crippen molar-refractivity contribution in [3.05, 3.63) is 232 Å². The van der Waals surface area contributed by atoms with Gasteiger partial charge in [-0.1, -0.05) is 277 Å². The van der Waals surface area contributed by atoms with Crippen molar-refractivity contribution in [2.24, 2.45) is 27.1 Å². The van der Waals surface area contributed by atoms with E-state index in [0.717, 1.165) is 34.7 Å². The molecule has 4 heteroatoms. The van der Waals surface area contributed by atoms with E-state index in [1.807, 2.05) is 18.2 Å². The highest BCUT2D eigenvalue weighted by molar-refractivity contribution is 6.42. The Morgan fingerprint density at radius 3 is 1.40 bits per heavy atom. The fourth-order valence-corrected chi connectivity index (χ4v) is 15.6. The molecule has 5 unspecified atom stereocenters. The molecule has 0 saturated heterocycles. The normalized spacial score (nSPS) is 19.8. The minimum atomic E-state index is 0.267. The average molecular weight is 1180 g/mol. The topological polar surface area (TPSA) is 0 Å². The van der Waals surface area contributed by atoms with Crippen molar-refractivity contribution in [1.82, 2.24) is 0 Å². The number of hydrogen-bond donors (Lipinski definition) is 0. The third kappa shape index (κ3) is 14.8. The molecule has 436 valence electrons. The van der Waals surface area contributed by atoms with Crippen molar-refractivity contribution in [2.75, 3.05) is 0 Å². The zero-order chi connectivity index (χ0) is 59.7. The highest BCUT2D eigenvalue weighted by Gasteiger charge is 2.38. The van der Waals surface area contributed by atoms with Crippen LogP contribution >= 0.6 is 46.4 Å². The lowest BCUT2D eigenvalue weighted by molar-refractivity contribution is 0.284. The molecule has 0 N–H and O–H groups in total. The molecule has 82 heavy (non-hydrogen) atoms. The second-order valence-electron chi connectivity index (χ2n) is 29.9. The van der Waals surface area contributed by atoms with Gasteiger partial charge in [-0.3, -0.25) is 0 Å². The number of rotatable bonds is 1. The second-order valence-corrected chi connectivity index (χ2v) is 31.6. The van der Waals surface area contributed by atoms with Gasteiger partial charge in [-0.25, -0.2) is 0 Å². The third-order valence-electron chi connectivity index (χ3n) is 18.7. The molecule has 0 fully saturated rings. The predicted octanol–water partition coefficient (Wildman–Crippen LogP) is 25.2. The summed E-state index contributed by atoms with van der Waals surface area (Å²) in [6.45, 7) is 37.2. The average Bonchev–Trinajstić information content (AvgIpc) is 4.20. The molecule has 0 amide bonds. The molecular weight excluding hydrogens is 1080 g/mol. The van der Waals surface area contributed by atoms with Crippen molar-refractivity contribution in [1.29, 1.82) is 0 Å². The van der Waals surface area contributed by atoms with Crippen LogP contribution in [-0.2, 0) is 19.3 Å². The smallest absolute Gasteiger partial charge is 0.0595 e. The van der Waals surface area contributed by atoms with Gasteiger partial charge in [0, 0.05) is 21.9 Å². The molecule has 7 aromatic carbocycles. The van der Waals surface area contributed by atoms with Gasteiger partial charge >= 0.3 is 0 Å². The van der Waals surface area contributed by atoms with Crippen molar-refractivity contribution in [3.63, 3.8) is 0 Å². The third-order valence-corrected chi connectivity index (χ3v) is 20.0. The Morgan fingerprint density at radius 2 is 0.829 bits per heavy atom. The Labute approximate surface area is 517 Å². The molecule has 0 aliphatic heterocycles. The first-order chi connectivity index (χ1) is 38.4. The van der Waals surface area contributed by atoms with Gasteiger partial charge in [0.05, 0.1) is 10.0 Å². The lowest BCUT2D eigenvalue weighted by Crippen LogP contribution is -2.25. The second kappa shape index (κ2) is 25.7. The van der Waals surface area contributed by atoms with Crippen molar-refractivity contribution < 1.29 is 0 Å². The van der Waals surface area contributed by atoms with E-state index in [-0.39, 0.29) is 5.41 Å². The quantitative estimate of drug-likeness (QED) is 0.154. The molecule has 0 heterocycles. The summed E-state index contributed by atoms with van der Waals surface area (Å²) < 4.78 is 0. The standard InChI is InChI=1S/C20H22Cl2.C17H18.2C14H20.C13H16Cl2/c1-20(2,3)17-10-9-14(15-6-4-5-7-16(15)17)13-8-11-18(21)19(22)12-13;1-17(2,3)16-14-10-6-4-8-12(14)13-9-5-7-11-15(13)16;1-10-5-6-11-7-8-13(12(11)9-10)14(2,3)4;1-14(2,3)13-10-6-8-11-7-4-5-9-12(11)13;1-13(2,3)11-5-4-9-10(11)6-8(14)7-12(9)15/h4-8,11-12,14,17H,9-10H2,1-3H3;4-11,16H,1-3H3;5-6,9,13H,7-8H2,1-4H3;4-5,7,9,13H,6,8,10H2,1-3H3;6-7,11H,4-5H2,1-3H3. The summed E-state index contributed by atoms with van der Waals surface area (Å²) in [5.74, 6) is 3.66. The number of hydrogen-bond acceptors (Lipinski definition) is 0. The van der Waals surface area contributed by atoms with Gasteiger partial charge in [-0.2, -0.15) is 0 Å². The Balaban J connectivity index is 0.000000136. The highest BCUT2D eigenvalue weighted by Crippen LogP contribution is 2.54. The van der Waals surface area contributed by atoms with Crippen LogP contribution in [0.25, 0.3) is 11.1 Å². The molecule has 7 aromatic rings. The van der Waals surface area contributed by atoms with Crippen LogP contribution in [0.15, 0.2) is 146 Å². The lowest BCUT2D eigenvalue weighted by atomic mass is 9.65. The van der Waals surface area contributed by atoms with Gasteiger partial charge in [0.15, 0.2) is 0 Å². The molecule has 0 radical (unpaired) electrons. The maximum atomic E-state index is 6.23. The summed E-state index contributed by atoms with van der Waals surface area (Å²) >= 11 is 24.6. The SMILES string of the molecule is CC(C)(C)C1CCC(c2ccc(Cl)c(Cl)c2)c2ccccc21.CC(C)(C)C1CCCc2ccccc21.CC(C)(C)C1CCc2c(Cl)cc(Cl)cc21.CC(C)(C)C1c2ccccc2-c2ccccc21.Cc1ccc2c(c1)C(C(C)(C)C)CC2. The number of fused-ring (bicyclic) bond motifs is 7. The van der Waals surface area contributed by atoms with E-state index >= 15 is 0 Å². The molecule has 0 aromatic heterocycles. The summed E-state index contributed by atoms with van der Waals surface area (Å²) in [6, 6.07) is 52.5. The van der Waals surface area contributed by atoms with Crippen molar-refractivity contribution in [2.45, 2.75) is 204 Å². The summed E-state index contributed by atoms with van der Waals surface area (Å²) in [7, 11) is 0. The van der Waals surface area contributed by atoms with Crippen LogP contribution < -0.4 is 0 Å². The van der Waals surface area contributed by atoms with Crippen LogP contribution in [0.3, 0.4) is 0 Å². The Kier molecular flexibility index (Phi) is 20.0. The van der Waals surface area contributed by atoms with Crippen LogP contribution in [0.4, 0.5) is 0 Å². The van der Waals surface area contributed by atoms with Crippen LogP contribution in [-0.4, -0.2) is 0 Å². The van der Waals surface area contributed by atoms with Gasteiger partial charge in [0.25, 0.3) is 0 Å². The minimum absolute atomic E-state index is 0.267. The van der Waals surface area contributed by atoms with Crippen molar-refractivity contribution >= 4 is 46.4 Å². The number of benzene rings is 7. The van der Waals surface area contributed by atoms with Crippen LogP contribution in [0.5, 0.6) is 0 Å². The van der Waals surface area contributed by atoms with Gasteiger partial charge in [-0.05, 0) is 212 Å². The van der Waals surface area contributed by atoms with E-state index < -0.39 is 0 Å². The van der Waals surface area contributed by atoms with Gasteiger partial charge in [0.1, 0.15) is 0 Å². The molecule has 0 saturated carbocycles. The lowest BCUT2D eigenvalue weighted by Gasteiger charge is -2.39. The fourth-order valence-electron chi connectivity index (χ4n) is 14.7. The fraction of sp³-hybridized carbons (Fsp3) is 0.462. The van der Waals surface area contributed by atoms with Gasteiger partial charge in [0.2, 0.25) is 0 Å². The first kappa shape index (κ1) is 63.7. The zero-order valence-corrected chi connectivity index (χ0v) is 55.7. The summed E-state index contributed by atoms with van der Waals surface area (Å²) in [4.78, 5) is 0. The Hall–Kier alpha value is -4.30. The largest absolute Gasteiger partial charge is 0.0843 e. The zero-order valence-electron chi connectivity index (χ0n) is 52.7. The van der Waals surface area contributed by atoms with E-state index in [1.165, 1.54) is 101 Å². The molecule has 12 rings (SSSR count). The van der Waals surface area contributed by atoms with Gasteiger partial charge in [-0.15, -0.1) is 0 Å². The van der Waals surface area contributed by atoms with E-state index in [4.69, 9.17) is 46.4 Å². The number of aryl methyl sites for hydroxylation is 3. The summed E-state index contributed by atoms with van der Waals surface area (Å²) in [5.41, 5.74) is 22.2. The monoisotopic (exact) mass is 1170 g/mol. The molecule has 0 spiro atoms. The first-order valence-electron chi connectivity index (χ1n) is 30.8. The maximum Gasteiger partial charge on any atom is 0.0595 e. The summed E-state index contributed by atoms with van der Waals surface area (Å²) in [6.07, 6.45) is 11.3. The summed E-state index contributed by atoms with van der Waals surface area (Å²) in [5, 5.41) is 2.87. The Bertz CT molecular complexity index is 3260. The molecule has 0 bridgehead atoms. The van der Waals surface area contributed by atoms with Crippen molar-refractivity contribution in [3.8, 4) is 11.1 Å². The minimum Gasteiger partial charge on any atom is -0.0843 e. The van der Waals surface area contributed by atoms with E-state index in [2.05, 4.69) is 238 Å². The Morgan fingerprint density at radius 1 is 0.341 bits per heavy atom. The molecular formula is C78H96Cl4. The van der Waals surface area contributed by atoms with Crippen LogP contribution in [0.1, 0.15) is 245 Å². The number of halogens is 4. The molecule has 5 atom stereocenters. The highest BCUT2D eigenvalue weighted by atomic mass is 35.5. The first-order valence-corrected chi connectivity index (χ1v) is 32.3.